The van der Waals surface area contributed by atoms with Gasteiger partial charge >= 0.3 is 0 Å². The molecule has 3 unspecified atom stereocenters. The number of anilines is 1. The Kier molecular flexibility index (Phi) is 3.57. The van der Waals surface area contributed by atoms with E-state index in [4.69, 9.17) is 10.5 Å². The van der Waals surface area contributed by atoms with Crippen LogP contribution in [-0.2, 0) is 0 Å². The molecule has 0 radical (unpaired) electrons. The Morgan fingerprint density at radius 1 is 1.29 bits per heavy atom. The summed E-state index contributed by atoms with van der Waals surface area (Å²) in [5.74, 6) is 1.45. The summed E-state index contributed by atoms with van der Waals surface area (Å²) in [5.41, 5.74) is 7.30. The summed E-state index contributed by atoms with van der Waals surface area (Å²) in [5, 5.41) is 0. The van der Waals surface area contributed by atoms with Gasteiger partial charge in [0.1, 0.15) is 5.75 Å². The van der Waals surface area contributed by atoms with E-state index in [9.17, 15) is 0 Å². The molecule has 1 aromatic rings. The van der Waals surface area contributed by atoms with Crippen LogP contribution in [0.15, 0.2) is 24.3 Å². The highest BCUT2D eigenvalue weighted by Crippen LogP contribution is 2.34. The minimum absolute atomic E-state index is 0.316. The molecule has 1 aromatic carbocycles. The van der Waals surface area contributed by atoms with Crippen LogP contribution in [0.25, 0.3) is 0 Å². The SMILES string of the molecule is COc1ccccc1N1CCC(N)C(C)C1C. The molecule has 0 bridgehead atoms. The number of methoxy groups -OCH3 is 1. The van der Waals surface area contributed by atoms with Crippen molar-refractivity contribution >= 4 is 5.69 Å². The van der Waals surface area contributed by atoms with Gasteiger partial charge in [0, 0.05) is 18.6 Å². The number of ether oxygens (including phenoxy) is 1. The first-order valence-electron chi connectivity index (χ1n) is 6.30. The Bertz CT molecular complexity index is 380. The summed E-state index contributed by atoms with van der Waals surface area (Å²) in [6.45, 7) is 5.49. The smallest absolute Gasteiger partial charge is 0.142 e. The van der Waals surface area contributed by atoms with Gasteiger partial charge in [-0.25, -0.2) is 0 Å². The quantitative estimate of drug-likeness (QED) is 0.853. The van der Waals surface area contributed by atoms with E-state index in [2.05, 4.69) is 30.9 Å². The Morgan fingerprint density at radius 2 is 2.00 bits per heavy atom. The largest absolute Gasteiger partial charge is 0.495 e. The number of para-hydroxylation sites is 2. The molecule has 2 N–H and O–H groups in total. The number of piperidine rings is 1. The van der Waals surface area contributed by atoms with Gasteiger partial charge in [0.15, 0.2) is 0 Å². The second-order valence-corrected chi connectivity index (χ2v) is 4.92. The Balaban J connectivity index is 2.27. The standard InChI is InChI=1S/C14H22N2O/c1-10-11(2)16(9-8-12(10)15)13-6-4-5-7-14(13)17-3/h4-7,10-12H,8-9,15H2,1-3H3. The van der Waals surface area contributed by atoms with E-state index in [0.717, 1.165) is 18.7 Å². The Hall–Kier alpha value is -1.22. The van der Waals surface area contributed by atoms with Gasteiger partial charge in [0.05, 0.1) is 12.8 Å². The number of hydrogen-bond donors (Lipinski definition) is 1. The molecule has 0 amide bonds. The molecule has 0 saturated carbocycles. The third-order valence-corrected chi connectivity index (χ3v) is 4.03. The summed E-state index contributed by atoms with van der Waals surface area (Å²) >= 11 is 0. The van der Waals surface area contributed by atoms with E-state index in [-0.39, 0.29) is 0 Å². The lowest BCUT2D eigenvalue weighted by atomic mass is 9.87. The highest BCUT2D eigenvalue weighted by molar-refractivity contribution is 5.59. The zero-order valence-electron chi connectivity index (χ0n) is 10.9. The molecule has 17 heavy (non-hydrogen) atoms. The highest BCUT2D eigenvalue weighted by Gasteiger charge is 2.31. The average molecular weight is 234 g/mol. The average Bonchev–Trinajstić information content (AvgIpc) is 2.36. The van der Waals surface area contributed by atoms with Gasteiger partial charge in [-0.1, -0.05) is 19.1 Å². The first kappa shape index (κ1) is 12.2. The number of rotatable bonds is 2. The van der Waals surface area contributed by atoms with Crippen LogP contribution in [0, 0.1) is 5.92 Å². The maximum Gasteiger partial charge on any atom is 0.142 e. The second kappa shape index (κ2) is 4.96. The van der Waals surface area contributed by atoms with Crippen LogP contribution < -0.4 is 15.4 Å². The summed E-state index contributed by atoms with van der Waals surface area (Å²) in [4.78, 5) is 2.41. The number of nitrogens with zero attached hydrogens (tertiary/aromatic N) is 1. The van der Waals surface area contributed by atoms with Gasteiger partial charge in [-0.3, -0.25) is 0 Å². The van der Waals surface area contributed by atoms with Crippen LogP contribution in [0.5, 0.6) is 5.75 Å². The fourth-order valence-electron chi connectivity index (χ4n) is 2.60. The highest BCUT2D eigenvalue weighted by atomic mass is 16.5. The molecule has 0 aliphatic carbocycles. The summed E-state index contributed by atoms with van der Waals surface area (Å²) < 4.78 is 5.44. The lowest BCUT2D eigenvalue weighted by Crippen LogP contribution is -2.51. The van der Waals surface area contributed by atoms with E-state index in [1.807, 2.05) is 12.1 Å². The van der Waals surface area contributed by atoms with Crippen molar-refractivity contribution in [1.82, 2.24) is 0 Å². The van der Waals surface area contributed by atoms with Crippen molar-refractivity contribution in [3.05, 3.63) is 24.3 Å². The lowest BCUT2D eigenvalue weighted by Gasteiger charge is -2.43. The van der Waals surface area contributed by atoms with Crippen LogP contribution in [-0.4, -0.2) is 25.7 Å². The molecule has 1 aliphatic heterocycles. The second-order valence-electron chi connectivity index (χ2n) is 4.92. The number of hydrogen-bond acceptors (Lipinski definition) is 3. The van der Waals surface area contributed by atoms with Gasteiger partial charge in [-0.2, -0.15) is 0 Å². The van der Waals surface area contributed by atoms with E-state index in [0.29, 0.717) is 18.0 Å². The molecule has 1 fully saturated rings. The van der Waals surface area contributed by atoms with E-state index in [1.165, 1.54) is 5.69 Å². The fraction of sp³-hybridized carbons (Fsp3) is 0.571. The van der Waals surface area contributed by atoms with Gasteiger partial charge in [-0.15, -0.1) is 0 Å². The monoisotopic (exact) mass is 234 g/mol. The maximum atomic E-state index is 6.12. The summed E-state index contributed by atoms with van der Waals surface area (Å²) in [7, 11) is 1.72. The van der Waals surface area contributed by atoms with E-state index in [1.54, 1.807) is 7.11 Å². The Morgan fingerprint density at radius 3 is 2.71 bits per heavy atom. The summed E-state index contributed by atoms with van der Waals surface area (Å²) in [6.07, 6.45) is 1.05. The van der Waals surface area contributed by atoms with Crippen molar-refractivity contribution in [2.75, 3.05) is 18.6 Å². The third kappa shape index (κ3) is 2.25. The van der Waals surface area contributed by atoms with Crippen LogP contribution in [0.4, 0.5) is 5.69 Å². The summed E-state index contributed by atoms with van der Waals surface area (Å²) in [6, 6.07) is 8.97. The molecule has 1 saturated heterocycles. The predicted octanol–water partition coefficient (Wildman–Crippen LogP) is 2.26. The van der Waals surface area contributed by atoms with Gasteiger partial charge in [0.25, 0.3) is 0 Å². The number of nitrogens with two attached hydrogens (primary N) is 1. The zero-order chi connectivity index (χ0) is 12.4. The van der Waals surface area contributed by atoms with Crippen LogP contribution >= 0.6 is 0 Å². The molecule has 0 spiro atoms. The third-order valence-electron chi connectivity index (χ3n) is 4.03. The molecule has 3 heteroatoms. The van der Waals surface area contributed by atoms with Gasteiger partial charge in [-0.05, 0) is 31.4 Å². The van der Waals surface area contributed by atoms with Gasteiger partial charge in [0.2, 0.25) is 0 Å². The van der Waals surface area contributed by atoms with Crippen molar-refractivity contribution in [3.8, 4) is 5.75 Å². The van der Waals surface area contributed by atoms with Gasteiger partial charge < -0.3 is 15.4 Å². The molecule has 94 valence electrons. The van der Waals surface area contributed by atoms with Crippen LogP contribution in [0.3, 0.4) is 0 Å². The molecular formula is C14H22N2O. The first-order chi connectivity index (χ1) is 8.15. The minimum Gasteiger partial charge on any atom is -0.495 e. The normalized spacial score (nSPS) is 29.2. The topological polar surface area (TPSA) is 38.5 Å². The number of benzene rings is 1. The molecule has 0 aromatic heterocycles. The predicted molar refractivity (Wildman–Crippen MR) is 71.6 cm³/mol. The van der Waals surface area contributed by atoms with Crippen molar-refractivity contribution in [2.24, 2.45) is 11.7 Å². The van der Waals surface area contributed by atoms with Crippen molar-refractivity contribution in [2.45, 2.75) is 32.4 Å². The fourth-order valence-corrected chi connectivity index (χ4v) is 2.60. The van der Waals surface area contributed by atoms with Crippen molar-refractivity contribution < 1.29 is 4.74 Å². The van der Waals surface area contributed by atoms with Crippen LogP contribution in [0.1, 0.15) is 20.3 Å². The molecule has 3 atom stereocenters. The maximum absolute atomic E-state index is 6.12. The van der Waals surface area contributed by atoms with Crippen molar-refractivity contribution in [3.63, 3.8) is 0 Å². The minimum atomic E-state index is 0.316. The lowest BCUT2D eigenvalue weighted by molar-refractivity contribution is 0.312. The Labute approximate surface area is 104 Å². The first-order valence-corrected chi connectivity index (χ1v) is 6.30. The van der Waals surface area contributed by atoms with E-state index >= 15 is 0 Å². The van der Waals surface area contributed by atoms with E-state index < -0.39 is 0 Å². The molecule has 3 nitrogen and oxygen atoms in total. The zero-order valence-corrected chi connectivity index (χ0v) is 10.9. The molecule has 1 aliphatic rings. The molecular weight excluding hydrogens is 212 g/mol. The van der Waals surface area contributed by atoms with Crippen molar-refractivity contribution in [1.29, 1.82) is 0 Å². The van der Waals surface area contributed by atoms with Crippen LogP contribution in [0.2, 0.25) is 0 Å². The molecule has 2 rings (SSSR count). The molecule has 1 heterocycles.